The first kappa shape index (κ1) is 14.1. The highest BCUT2D eigenvalue weighted by Gasteiger charge is 2.09. The maximum Gasteiger partial charge on any atom is 0.261 e. The van der Waals surface area contributed by atoms with Gasteiger partial charge in [-0.05, 0) is 13.3 Å². The Morgan fingerprint density at radius 2 is 2.29 bits per heavy atom. The minimum Gasteiger partial charge on any atom is -0.375 e. The normalized spacial score (nSPS) is 13.2. The highest BCUT2D eigenvalue weighted by molar-refractivity contribution is 4.94. The predicted molar refractivity (Wildman–Crippen MR) is 61.0 cm³/mol. The number of rotatable bonds is 8. The molecule has 1 atom stereocenters. The van der Waals surface area contributed by atoms with Crippen LogP contribution in [-0.4, -0.2) is 35.2 Å². The Bertz CT molecular complexity index is 317. The maximum absolute atomic E-state index is 11.8. The first-order valence-corrected chi connectivity index (χ1v) is 5.75. The second kappa shape index (κ2) is 7.34. The largest absolute Gasteiger partial charge is 0.375 e. The Hall–Kier alpha value is -1.01. The molecule has 0 radical (unpaired) electrons. The number of aromatic nitrogens is 2. The molecule has 0 aliphatic carbocycles. The van der Waals surface area contributed by atoms with E-state index in [4.69, 9.17) is 10.5 Å². The molecule has 0 spiro atoms. The van der Waals surface area contributed by atoms with Crippen LogP contribution < -0.4 is 5.73 Å². The molecule has 1 heterocycles. The molecule has 0 fully saturated rings. The van der Waals surface area contributed by atoms with Crippen LogP contribution in [0.15, 0.2) is 12.4 Å². The smallest absolute Gasteiger partial charge is 0.261 e. The fraction of sp³-hybridized carbons (Fsp3) is 0.727. The predicted octanol–water partition coefficient (Wildman–Crippen LogP) is 1.44. The minimum atomic E-state index is -2.41. The van der Waals surface area contributed by atoms with Crippen LogP contribution >= 0.6 is 0 Å². The Morgan fingerprint density at radius 1 is 1.53 bits per heavy atom. The number of nitrogens with two attached hydrogens (primary N) is 1. The van der Waals surface area contributed by atoms with E-state index in [-0.39, 0.29) is 12.6 Å². The van der Waals surface area contributed by atoms with Crippen LogP contribution in [0, 0.1) is 0 Å². The second-order valence-electron chi connectivity index (χ2n) is 3.85. The maximum atomic E-state index is 11.8. The Balaban J connectivity index is 2.23. The molecule has 1 rings (SSSR count). The number of halogens is 2. The Kier molecular flexibility index (Phi) is 6.07. The molecule has 0 bridgehead atoms. The average molecular weight is 247 g/mol. The molecule has 98 valence electrons. The van der Waals surface area contributed by atoms with Crippen LogP contribution in [0.5, 0.6) is 0 Å². The molecule has 0 saturated heterocycles. The summed E-state index contributed by atoms with van der Waals surface area (Å²) in [6.07, 6.45) is 2.42. The first-order chi connectivity index (χ1) is 8.13. The molecule has 0 aromatic carbocycles. The lowest BCUT2D eigenvalue weighted by Crippen LogP contribution is -2.26. The van der Waals surface area contributed by atoms with Crippen molar-refractivity contribution < 1.29 is 13.5 Å². The van der Waals surface area contributed by atoms with E-state index in [9.17, 15) is 8.78 Å². The molecule has 2 N–H and O–H groups in total. The molecule has 1 unspecified atom stereocenters. The number of nitrogens with zero attached hydrogens (tertiary/aromatic N) is 2. The molecule has 0 aliphatic rings. The van der Waals surface area contributed by atoms with Gasteiger partial charge in [-0.1, -0.05) is 0 Å². The van der Waals surface area contributed by atoms with Gasteiger partial charge in [0.2, 0.25) is 0 Å². The van der Waals surface area contributed by atoms with Crippen molar-refractivity contribution in [2.45, 2.75) is 38.8 Å². The third-order valence-electron chi connectivity index (χ3n) is 2.46. The van der Waals surface area contributed by atoms with Gasteiger partial charge in [0, 0.05) is 38.0 Å². The van der Waals surface area contributed by atoms with Crippen LogP contribution in [0.4, 0.5) is 8.78 Å². The van der Waals surface area contributed by atoms with E-state index in [1.54, 1.807) is 6.20 Å². The summed E-state index contributed by atoms with van der Waals surface area (Å²) in [6.45, 7) is 2.63. The van der Waals surface area contributed by atoms with Gasteiger partial charge in [-0.3, -0.25) is 0 Å². The van der Waals surface area contributed by atoms with E-state index in [1.165, 1.54) is 0 Å². The van der Waals surface area contributed by atoms with Gasteiger partial charge in [-0.15, -0.1) is 0 Å². The van der Waals surface area contributed by atoms with E-state index in [2.05, 4.69) is 4.98 Å². The summed E-state index contributed by atoms with van der Waals surface area (Å²) in [5.74, 6) is 0.925. The first-order valence-electron chi connectivity index (χ1n) is 5.75. The summed E-state index contributed by atoms with van der Waals surface area (Å²) < 4.78 is 30.4. The molecule has 6 heteroatoms. The van der Waals surface area contributed by atoms with Gasteiger partial charge in [0.25, 0.3) is 6.43 Å². The monoisotopic (exact) mass is 247 g/mol. The van der Waals surface area contributed by atoms with Crippen molar-refractivity contribution in [3.63, 3.8) is 0 Å². The lowest BCUT2D eigenvalue weighted by Gasteiger charge is -2.12. The molecule has 4 nitrogen and oxygen atoms in total. The zero-order chi connectivity index (χ0) is 12.7. The fourth-order valence-electron chi connectivity index (χ4n) is 1.56. The third-order valence-corrected chi connectivity index (χ3v) is 2.46. The van der Waals surface area contributed by atoms with Gasteiger partial charge in [0.05, 0.1) is 0 Å². The number of aryl methyl sites for hydroxylation is 1. The number of imidazole rings is 1. The molecule has 1 aromatic heterocycles. The lowest BCUT2D eigenvalue weighted by molar-refractivity contribution is 0.0152. The fourth-order valence-corrected chi connectivity index (χ4v) is 1.56. The van der Waals surface area contributed by atoms with E-state index in [0.717, 1.165) is 12.4 Å². The molecule has 0 amide bonds. The quantitative estimate of drug-likeness (QED) is 0.707. The number of ether oxygens (including phenoxy) is 1. The van der Waals surface area contributed by atoms with Crippen LogP contribution in [0.1, 0.15) is 19.2 Å². The van der Waals surface area contributed by atoms with Gasteiger partial charge >= 0.3 is 0 Å². The molecule has 0 saturated carbocycles. The second-order valence-corrected chi connectivity index (χ2v) is 3.85. The van der Waals surface area contributed by atoms with Crippen molar-refractivity contribution in [2.75, 3.05) is 13.2 Å². The molecule has 1 aromatic rings. The number of hydrogen-bond donors (Lipinski definition) is 1. The zero-order valence-electron chi connectivity index (χ0n) is 9.98. The van der Waals surface area contributed by atoms with Crippen molar-refractivity contribution in [1.82, 2.24) is 9.55 Å². The highest BCUT2D eigenvalue weighted by atomic mass is 19.3. The highest BCUT2D eigenvalue weighted by Crippen LogP contribution is 2.03. The summed E-state index contributed by atoms with van der Waals surface area (Å²) in [5.41, 5.74) is 5.88. The van der Waals surface area contributed by atoms with Crippen LogP contribution in [0.2, 0.25) is 0 Å². The van der Waals surface area contributed by atoms with Crippen molar-refractivity contribution in [1.29, 1.82) is 0 Å². The summed E-state index contributed by atoms with van der Waals surface area (Å²) in [5, 5.41) is 0. The summed E-state index contributed by atoms with van der Waals surface area (Å²) in [4.78, 5) is 4.21. The average Bonchev–Trinajstić information content (AvgIpc) is 2.71. The van der Waals surface area contributed by atoms with Gasteiger partial charge < -0.3 is 15.0 Å². The number of hydrogen-bond acceptors (Lipinski definition) is 3. The molecular formula is C11H19F2N3O. The standard InChI is InChI=1S/C11H19F2N3O/c1-2-16-5-4-15-11(16)7-9(14)3-6-17-8-10(12)13/h4-5,9-10H,2-3,6-8,14H2,1H3. The summed E-state index contributed by atoms with van der Waals surface area (Å²) in [6, 6.07) is -0.111. The zero-order valence-corrected chi connectivity index (χ0v) is 9.98. The summed E-state index contributed by atoms with van der Waals surface area (Å²) in [7, 11) is 0. The minimum absolute atomic E-state index is 0.111. The lowest BCUT2D eigenvalue weighted by atomic mass is 10.1. The Morgan fingerprint density at radius 3 is 2.94 bits per heavy atom. The van der Waals surface area contributed by atoms with Gasteiger partial charge in [-0.2, -0.15) is 0 Å². The van der Waals surface area contributed by atoms with Crippen LogP contribution in [0.3, 0.4) is 0 Å². The summed E-state index contributed by atoms with van der Waals surface area (Å²) >= 11 is 0. The van der Waals surface area contributed by atoms with Gasteiger partial charge in [0.15, 0.2) is 0 Å². The topological polar surface area (TPSA) is 53.1 Å². The third kappa shape index (κ3) is 5.23. The van der Waals surface area contributed by atoms with Crippen molar-refractivity contribution in [2.24, 2.45) is 5.73 Å². The van der Waals surface area contributed by atoms with E-state index in [0.29, 0.717) is 12.8 Å². The van der Waals surface area contributed by atoms with Crippen molar-refractivity contribution in [3.05, 3.63) is 18.2 Å². The van der Waals surface area contributed by atoms with Gasteiger partial charge in [0.1, 0.15) is 12.4 Å². The van der Waals surface area contributed by atoms with Crippen LogP contribution in [0.25, 0.3) is 0 Å². The van der Waals surface area contributed by atoms with Crippen LogP contribution in [-0.2, 0) is 17.7 Å². The Labute approximate surface area is 99.8 Å². The van der Waals surface area contributed by atoms with E-state index in [1.807, 2.05) is 17.7 Å². The molecular weight excluding hydrogens is 228 g/mol. The number of alkyl halides is 2. The van der Waals surface area contributed by atoms with Crippen molar-refractivity contribution >= 4 is 0 Å². The van der Waals surface area contributed by atoms with E-state index < -0.39 is 13.0 Å². The molecule has 17 heavy (non-hydrogen) atoms. The SMILES string of the molecule is CCn1ccnc1CC(N)CCOCC(F)F. The van der Waals surface area contributed by atoms with Crippen molar-refractivity contribution in [3.8, 4) is 0 Å². The van der Waals surface area contributed by atoms with Gasteiger partial charge in [-0.25, -0.2) is 13.8 Å². The van der Waals surface area contributed by atoms with E-state index >= 15 is 0 Å². The molecule has 0 aliphatic heterocycles.